The summed E-state index contributed by atoms with van der Waals surface area (Å²) in [4.78, 5) is 18.2. The third kappa shape index (κ3) is 3.91. The predicted molar refractivity (Wildman–Crippen MR) is 98.1 cm³/mol. The smallest absolute Gasteiger partial charge is 0.416 e. The molecule has 0 spiro atoms. The fourth-order valence-corrected chi connectivity index (χ4v) is 3.07. The van der Waals surface area contributed by atoms with Crippen LogP contribution in [0.15, 0.2) is 48.8 Å². The second kappa shape index (κ2) is 7.01. The van der Waals surface area contributed by atoms with Crippen LogP contribution in [0.1, 0.15) is 12.5 Å². The molecule has 1 atom stereocenters. The van der Waals surface area contributed by atoms with Crippen LogP contribution in [0.5, 0.6) is 11.9 Å². The van der Waals surface area contributed by atoms with Crippen LogP contribution in [0.4, 0.5) is 19.0 Å². The van der Waals surface area contributed by atoms with Crippen molar-refractivity contribution in [1.29, 1.82) is 0 Å². The number of halogens is 3. The molecule has 0 fully saturated rings. The Morgan fingerprint density at radius 1 is 1.23 bits per heavy atom. The van der Waals surface area contributed by atoms with Gasteiger partial charge in [-0.15, -0.1) is 0 Å². The number of nitrogens with zero attached hydrogens (tertiary/aromatic N) is 4. The highest BCUT2D eigenvalue weighted by molar-refractivity contribution is 5.63. The molecule has 0 N–H and O–H groups in total. The molecule has 156 valence electrons. The second-order valence-corrected chi connectivity index (χ2v) is 7.07. The van der Waals surface area contributed by atoms with Gasteiger partial charge < -0.3 is 19.6 Å². The van der Waals surface area contributed by atoms with Gasteiger partial charge in [0.1, 0.15) is 12.8 Å². The van der Waals surface area contributed by atoms with Crippen molar-refractivity contribution in [2.45, 2.75) is 25.2 Å². The number of hydrogen-bond acceptors (Lipinski definition) is 6. The summed E-state index contributed by atoms with van der Waals surface area (Å²) in [7, 11) is 0. The summed E-state index contributed by atoms with van der Waals surface area (Å²) in [5.74, 6) is 0.0273. The van der Waals surface area contributed by atoms with Gasteiger partial charge in [0.2, 0.25) is 5.88 Å². The quantitative estimate of drug-likeness (QED) is 0.456. The van der Waals surface area contributed by atoms with Gasteiger partial charge in [0.15, 0.2) is 5.60 Å². The van der Waals surface area contributed by atoms with E-state index in [0.29, 0.717) is 23.6 Å². The number of ether oxygens (including phenoxy) is 2. The van der Waals surface area contributed by atoms with Gasteiger partial charge in [-0.05, 0) is 35.6 Å². The SMILES string of the molecule is CC1(COc2ccc(-c3ccc(C(F)(F)F)cc3)cn2)Cn2cc([N+](=O)[O-])nc2O1. The number of benzene rings is 1. The maximum absolute atomic E-state index is 12.7. The van der Waals surface area contributed by atoms with Crippen molar-refractivity contribution in [2.75, 3.05) is 6.61 Å². The van der Waals surface area contributed by atoms with E-state index in [4.69, 9.17) is 9.47 Å². The highest BCUT2D eigenvalue weighted by atomic mass is 19.4. The Hall–Kier alpha value is -3.63. The van der Waals surface area contributed by atoms with Crippen molar-refractivity contribution in [3.63, 3.8) is 0 Å². The molecule has 0 saturated carbocycles. The first-order valence-electron chi connectivity index (χ1n) is 8.80. The summed E-state index contributed by atoms with van der Waals surface area (Å²) in [6.45, 7) is 2.23. The summed E-state index contributed by atoms with van der Waals surface area (Å²) in [6.07, 6.45) is -1.57. The monoisotopic (exact) mass is 420 g/mol. The minimum absolute atomic E-state index is 0.122. The Labute approximate surface area is 168 Å². The van der Waals surface area contributed by atoms with Crippen molar-refractivity contribution < 1.29 is 27.6 Å². The second-order valence-electron chi connectivity index (χ2n) is 7.07. The first-order chi connectivity index (χ1) is 14.1. The summed E-state index contributed by atoms with van der Waals surface area (Å²) in [5, 5.41) is 10.8. The molecule has 0 amide bonds. The molecular formula is C19H15F3N4O4. The average molecular weight is 420 g/mol. The van der Waals surface area contributed by atoms with Crippen LogP contribution < -0.4 is 9.47 Å². The minimum atomic E-state index is -4.38. The molecule has 1 aliphatic heterocycles. The summed E-state index contributed by atoms with van der Waals surface area (Å²) >= 11 is 0. The zero-order valence-corrected chi connectivity index (χ0v) is 15.6. The minimum Gasteiger partial charge on any atom is -0.473 e. The van der Waals surface area contributed by atoms with Crippen molar-refractivity contribution >= 4 is 5.82 Å². The highest BCUT2D eigenvalue weighted by Crippen LogP contribution is 2.32. The number of fused-ring (bicyclic) bond motifs is 1. The molecule has 8 nitrogen and oxygen atoms in total. The normalized spacial score (nSPS) is 18.0. The standard InChI is InChI=1S/C19H15F3N4O4/c1-18(10-25-9-15(26(27)28)24-17(25)30-18)11-29-16-7-4-13(8-23-16)12-2-5-14(6-3-12)19(20,21)22/h2-9H,10-11H2,1H3. The Morgan fingerprint density at radius 2 is 1.93 bits per heavy atom. The third-order valence-electron chi connectivity index (χ3n) is 4.56. The van der Waals surface area contributed by atoms with Crippen molar-refractivity contribution in [3.8, 4) is 23.0 Å². The largest absolute Gasteiger partial charge is 0.473 e. The fourth-order valence-electron chi connectivity index (χ4n) is 3.07. The Kier molecular flexibility index (Phi) is 4.60. The van der Waals surface area contributed by atoms with Gasteiger partial charge in [0.25, 0.3) is 0 Å². The van der Waals surface area contributed by atoms with E-state index < -0.39 is 22.3 Å². The number of pyridine rings is 1. The van der Waals surface area contributed by atoms with Gasteiger partial charge in [-0.3, -0.25) is 4.57 Å². The summed E-state index contributed by atoms with van der Waals surface area (Å²) in [6, 6.07) is 8.25. The lowest BCUT2D eigenvalue weighted by molar-refractivity contribution is -0.389. The van der Waals surface area contributed by atoms with Crippen LogP contribution in [0.3, 0.4) is 0 Å². The van der Waals surface area contributed by atoms with Crippen LogP contribution in [-0.2, 0) is 12.7 Å². The number of alkyl halides is 3. The number of aromatic nitrogens is 3. The van der Waals surface area contributed by atoms with Crippen LogP contribution in [0, 0.1) is 10.1 Å². The van der Waals surface area contributed by atoms with Gasteiger partial charge in [-0.2, -0.15) is 13.2 Å². The maximum Gasteiger partial charge on any atom is 0.416 e. The Morgan fingerprint density at radius 3 is 2.50 bits per heavy atom. The molecule has 1 unspecified atom stereocenters. The topological polar surface area (TPSA) is 92.3 Å². The van der Waals surface area contributed by atoms with Gasteiger partial charge in [-0.25, -0.2) is 4.98 Å². The van der Waals surface area contributed by atoms with E-state index in [9.17, 15) is 23.3 Å². The number of hydrogen-bond donors (Lipinski definition) is 0. The van der Waals surface area contributed by atoms with Crippen LogP contribution >= 0.6 is 0 Å². The molecule has 3 heterocycles. The van der Waals surface area contributed by atoms with E-state index in [-0.39, 0.29) is 18.4 Å². The van der Waals surface area contributed by atoms with Crippen LogP contribution in [-0.4, -0.2) is 31.7 Å². The lowest BCUT2D eigenvalue weighted by Crippen LogP contribution is -2.38. The van der Waals surface area contributed by atoms with Gasteiger partial charge in [-0.1, -0.05) is 12.1 Å². The first kappa shape index (κ1) is 19.7. The molecule has 1 aromatic carbocycles. The molecule has 0 bridgehead atoms. The maximum atomic E-state index is 12.7. The molecular weight excluding hydrogens is 405 g/mol. The highest BCUT2D eigenvalue weighted by Gasteiger charge is 2.41. The Balaban J connectivity index is 1.38. The molecule has 0 radical (unpaired) electrons. The molecule has 11 heteroatoms. The van der Waals surface area contributed by atoms with E-state index in [1.54, 1.807) is 23.6 Å². The number of imidazole rings is 1. The average Bonchev–Trinajstić information content (AvgIpc) is 3.22. The van der Waals surface area contributed by atoms with E-state index in [1.165, 1.54) is 24.5 Å². The fraction of sp³-hybridized carbons (Fsp3) is 0.263. The van der Waals surface area contributed by atoms with Crippen molar-refractivity contribution in [1.82, 2.24) is 14.5 Å². The molecule has 2 aromatic heterocycles. The lowest BCUT2D eigenvalue weighted by Gasteiger charge is -2.21. The predicted octanol–water partition coefficient (Wildman–Crippen LogP) is 4.10. The van der Waals surface area contributed by atoms with E-state index in [0.717, 1.165) is 12.1 Å². The molecule has 3 aromatic rings. The zero-order valence-electron chi connectivity index (χ0n) is 15.6. The summed E-state index contributed by atoms with van der Waals surface area (Å²) < 4.78 is 50.9. The Bertz CT molecular complexity index is 1060. The van der Waals surface area contributed by atoms with Crippen LogP contribution in [0.25, 0.3) is 11.1 Å². The summed E-state index contributed by atoms with van der Waals surface area (Å²) in [5.41, 5.74) is -0.244. The molecule has 30 heavy (non-hydrogen) atoms. The van der Waals surface area contributed by atoms with Crippen LogP contribution in [0.2, 0.25) is 0 Å². The van der Waals surface area contributed by atoms with Gasteiger partial charge >= 0.3 is 18.0 Å². The third-order valence-corrected chi connectivity index (χ3v) is 4.56. The molecule has 0 saturated heterocycles. The van der Waals surface area contributed by atoms with E-state index in [1.807, 2.05) is 0 Å². The first-order valence-corrected chi connectivity index (χ1v) is 8.80. The number of nitro groups is 1. The molecule has 4 rings (SSSR count). The lowest BCUT2D eigenvalue weighted by atomic mass is 10.1. The number of rotatable bonds is 5. The molecule has 1 aliphatic rings. The van der Waals surface area contributed by atoms with Crippen molar-refractivity contribution in [3.05, 3.63) is 64.5 Å². The van der Waals surface area contributed by atoms with Gasteiger partial charge in [0, 0.05) is 22.8 Å². The van der Waals surface area contributed by atoms with Gasteiger partial charge in [0.05, 0.1) is 12.1 Å². The molecule has 0 aliphatic carbocycles. The van der Waals surface area contributed by atoms with E-state index >= 15 is 0 Å². The zero-order chi connectivity index (χ0) is 21.5. The van der Waals surface area contributed by atoms with Crippen molar-refractivity contribution in [2.24, 2.45) is 0 Å². The van der Waals surface area contributed by atoms with E-state index in [2.05, 4.69) is 9.97 Å².